The van der Waals surface area contributed by atoms with Gasteiger partial charge in [0.25, 0.3) is 0 Å². The van der Waals surface area contributed by atoms with Gasteiger partial charge in [-0.25, -0.2) is 0 Å². The molecule has 0 atom stereocenters. The summed E-state index contributed by atoms with van der Waals surface area (Å²) in [4.78, 5) is 24.8. The van der Waals surface area contributed by atoms with Crippen LogP contribution in [0, 0.1) is 0 Å². The minimum absolute atomic E-state index is 0.0491. The van der Waals surface area contributed by atoms with E-state index in [-0.39, 0.29) is 49.1 Å². The number of carbonyl (C=O) groups is 2. The molecule has 0 aromatic heterocycles. The number of rotatable bonds is 5. The number of benzene rings is 2. The van der Waals surface area contributed by atoms with Crippen molar-refractivity contribution in [2.45, 2.75) is 49.9 Å². The Morgan fingerprint density at radius 1 is 0.875 bits per heavy atom. The van der Waals surface area contributed by atoms with Gasteiger partial charge in [-0.05, 0) is 48.6 Å². The molecule has 2 aromatic rings. The van der Waals surface area contributed by atoms with Gasteiger partial charge in [0.1, 0.15) is 5.78 Å². The molecule has 1 aliphatic rings. The Morgan fingerprint density at radius 3 is 1.91 bits per heavy atom. The van der Waals surface area contributed by atoms with Gasteiger partial charge < -0.3 is 5.32 Å². The van der Waals surface area contributed by atoms with E-state index in [1.54, 1.807) is 30.3 Å². The number of amides is 1. The van der Waals surface area contributed by atoms with Crippen LogP contribution in [0.3, 0.4) is 0 Å². The molecule has 0 spiro atoms. The summed E-state index contributed by atoms with van der Waals surface area (Å²) in [7, 11) is 0. The monoisotopic (exact) mass is 457 g/mol. The van der Waals surface area contributed by atoms with Gasteiger partial charge in [-0.2, -0.15) is 26.3 Å². The molecule has 0 bridgehead atoms. The maximum absolute atomic E-state index is 13.1. The Hall–Kier alpha value is -2.84. The molecule has 1 fully saturated rings. The zero-order valence-electron chi connectivity index (χ0n) is 16.9. The Morgan fingerprint density at radius 2 is 1.41 bits per heavy atom. The Bertz CT molecular complexity index is 940. The van der Waals surface area contributed by atoms with Gasteiger partial charge in [0.2, 0.25) is 5.91 Å². The van der Waals surface area contributed by atoms with Crippen LogP contribution in [0.4, 0.5) is 26.3 Å². The Balaban J connectivity index is 1.78. The highest BCUT2D eigenvalue weighted by Gasteiger charge is 2.43. The zero-order chi connectivity index (χ0) is 23.6. The van der Waals surface area contributed by atoms with Crippen LogP contribution in [0.25, 0.3) is 0 Å². The molecule has 0 saturated heterocycles. The predicted octanol–water partition coefficient (Wildman–Crippen LogP) is 5.46. The third-order valence-corrected chi connectivity index (χ3v) is 5.77. The number of Topliss-reactive ketones (excluding diaryl/α,β-unsaturated/α-hetero) is 1. The van der Waals surface area contributed by atoms with E-state index in [1.807, 2.05) is 0 Å². The van der Waals surface area contributed by atoms with E-state index in [2.05, 4.69) is 5.32 Å². The van der Waals surface area contributed by atoms with Crippen molar-refractivity contribution in [1.82, 2.24) is 5.32 Å². The lowest BCUT2D eigenvalue weighted by atomic mass is 9.68. The van der Waals surface area contributed by atoms with Gasteiger partial charge in [-0.1, -0.05) is 30.3 Å². The van der Waals surface area contributed by atoms with Gasteiger partial charge >= 0.3 is 12.4 Å². The van der Waals surface area contributed by atoms with E-state index in [9.17, 15) is 35.9 Å². The van der Waals surface area contributed by atoms with Crippen LogP contribution < -0.4 is 5.32 Å². The first-order valence-corrected chi connectivity index (χ1v) is 10.1. The van der Waals surface area contributed by atoms with Gasteiger partial charge in [0.05, 0.1) is 16.5 Å². The quantitative estimate of drug-likeness (QED) is 0.606. The average Bonchev–Trinajstić information content (AvgIpc) is 2.73. The third kappa shape index (κ3) is 5.31. The number of nitrogens with one attached hydrogen (secondary N) is 1. The second kappa shape index (κ2) is 8.96. The number of hydrogen-bond acceptors (Lipinski definition) is 2. The normalized spacial score (nSPS) is 16.6. The third-order valence-electron chi connectivity index (χ3n) is 5.77. The number of carbonyl (C=O) groups excluding carboxylic acids is 2. The molecule has 0 radical (unpaired) electrons. The molecule has 1 saturated carbocycles. The molecule has 1 N–H and O–H groups in total. The second-order valence-electron chi connectivity index (χ2n) is 7.91. The van der Waals surface area contributed by atoms with Crippen LogP contribution in [0.1, 0.15) is 47.9 Å². The highest BCUT2D eigenvalue weighted by molar-refractivity contribution is 5.91. The van der Waals surface area contributed by atoms with Gasteiger partial charge in [-0.15, -0.1) is 0 Å². The first kappa shape index (κ1) is 23.8. The number of hydrogen-bond donors (Lipinski definition) is 1. The van der Waals surface area contributed by atoms with E-state index in [4.69, 9.17) is 0 Å². The van der Waals surface area contributed by atoms with Crippen LogP contribution >= 0.6 is 0 Å². The lowest BCUT2D eigenvalue weighted by Crippen LogP contribution is -2.47. The summed E-state index contributed by atoms with van der Waals surface area (Å²) in [5.74, 6) is -0.341. The lowest BCUT2D eigenvalue weighted by molar-refractivity contribution is -0.143. The van der Waals surface area contributed by atoms with E-state index in [1.165, 1.54) is 0 Å². The highest BCUT2D eigenvalue weighted by atomic mass is 19.4. The van der Waals surface area contributed by atoms with Crippen molar-refractivity contribution in [3.05, 3.63) is 70.8 Å². The van der Waals surface area contributed by atoms with Crippen LogP contribution in [0.15, 0.2) is 48.5 Å². The van der Waals surface area contributed by atoms with Crippen LogP contribution in [-0.2, 0) is 33.8 Å². The van der Waals surface area contributed by atoms with Crippen LogP contribution in [0.2, 0.25) is 0 Å². The van der Waals surface area contributed by atoms with Crippen molar-refractivity contribution in [1.29, 1.82) is 0 Å². The van der Waals surface area contributed by atoms with Crippen molar-refractivity contribution < 1.29 is 35.9 Å². The highest BCUT2D eigenvalue weighted by Crippen LogP contribution is 2.39. The van der Waals surface area contributed by atoms with E-state index in [0.29, 0.717) is 25.0 Å². The van der Waals surface area contributed by atoms with E-state index < -0.39 is 28.9 Å². The Labute approximate surface area is 180 Å². The molecular formula is C23H21F6NO2. The molecule has 1 aliphatic carbocycles. The van der Waals surface area contributed by atoms with Crippen molar-refractivity contribution in [3.8, 4) is 0 Å². The molecule has 3 rings (SSSR count). The summed E-state index contributed by atoms with van der Waals surface area (Å²) in [5.41, 5.74) is -3.19. The summed E-state index contributed by atoms with van der Waals surface area (Å²) in [6, 6.07) is 10.3. The molecule has 9 heteroatoms. The summed E-state index contributed by atoms with van der Waals surface area (Å²) in [5, 5.41) is 2.66. The molecule has 32 heavy (non-hydrogen) atoms. The summed E-state index contributed by atoms with van der Waals surface area (Å²) in [6.45, 7) is -0.139. The molecule has 0 heterocycles. The molecule has 0 unspecified atom stereocenters. The second-order valence-corrected chi connectivity index (χ2v) is 7.91. The van der Waals surface area contributed by atoms with Crippen molar-refractivity contribution in [3.63, 3.8) is 0 Å². The summed E-state index contributed by atoms with van der Waals surface area (Å²) in [6.07, 6.45) is -9.01. The maximum atomic E-state index is 13.1. The zero-order valence-corrected chi connectivity index (χ0v) is 16.9. The fourth-order valence-electron chi connectivity index (χ4n) is 4.01. The topological polar surface area (TPSA) is 46.2 Å². The summed E-state index contributed by atoms with van der Waals surface area (Å²) < 4.78 is 78.2. The standard InChI is InChI=1S/C23H21F6NO2/c24-22(25,26)17-12-15(13-18(14-17)23(27,28)29)8-11-30-20(32)21(9-6-19(31)7-10-21)16-4-2-1-3-5-16/h1-5,12-14H,6-11H2,(H,30,32). The predicted molar refractivity (Wildman–Crippen MR) is 105 cm³/mol. The van der Waals surface area contributed by atoms with E-state index >= 15 is 0 Å². The number of alkyl halides is 6. The molecule has 2 aromatic carbocycles. The largest absolute Gasteiger partial charge is 0.416 e. The van der Waals surface area contributed by atoms with Crippen LogP contribution in [0.5, 0.6) is 0 Å². The van der Waals surface area contributed by atoms with Gasteiger partial charge in [0.15, 0.2) is 0 Å². The molecule has 1 amide bonds. The fraction of sp³-hybridized carbons (Fsp3) is 0.391. The molecule has 3 nitrogen and oxygen atoms in total. The first-order valence-electron chi connectivity index (χ1n) is 10.1. The van der Waals surface area contributed by atoms with Crippen molar-refractivity contribution in [2.75, 3.05) is 6.54 Å². The average molecular weight is 457 g/mol. The smallest absolute Gasteiger partial charge is 0.355 e. The van der Waals surface area contributed by atoms with Crippen LogP contribution in [-0.4, -0.2) is 18.2 Å². The molecular weight excluding hydrogens is 436 g/mol. The maximum Gasteiger partial charge on any atom is 0.416 e. The first-order chi connectivity index (χ1) is 14.9. The fourth-order valence-corrected chi connectivity index (χ4v) is 4.01. The van der Waals surface area contributed by atoms with Gasteiger partial charge in [0, 0.05) is 19.4 Å². The minimum Gasteiger partial charge on any atom is -0.355 e. The SMILES string of the molecule is O=C1CCC(C(=O)NCCc2cc(C(F)(F)F)cc(C(F)(F)F)c2)(c2ccccc2)CC1. The Kier molecular flexibility index (Phi) is 6.67. The molecule has 172 valence electrons. The molecule has 0 aliphatic heterocycles. The van der Waals surface area contributed by atoms with Gasteiger partial charge in [-0.3, -0.25) is 9.59 Å². The minimum atomic E-state index is -4.93. The van der Waals surface area contributed by atoms with Crippen molar-refractivity contribution in [2.24, 2.45) is 0 Å². The summed E-state index contributed by atoms with van der Waals surface area (Å²) >= 11 is 0. The van der Waals surface area contributed by atoms with Crippen molar-refractivity contribution >= 4 is 11.7 Å². The number of halogens is 6. The van der Waals surface area contributed by atoms with E-state index in [0.717, 1.165) is 5.56 Å². The lowest BCUT2D eigenvalue weighted by Gasteiger charge is -2.36. The number of ketones is 1.